The molecule has 0 bridgehead atoms. The molecule has 0 aliphatic rings. The maximum atomic E-state index is 11.6. The monoisotopic (exact) mass is 381 g/mol. The third-order valence-electron chi connectivity index (χ3n) is 2.79. The van der Waals surface area contributed by atoms with Crippen molar-refractivity contribution in [3.8, 4) is 17.6 Å². The molecule has 0 heterocycles. The average molecular weight is 382 g/mol. The van der Waals surface area contributed by atoms with Gasteiger partial charge in [0.05, 0.1) is 11.6 Å². The summed E-state index contributed by atoms with van der Waals surface area (Å²) in [6.07, 6.45) is 1.34. The summed E-state index contributed by atoms with van der Waals surface area (Å²) in [5.74, 6) is -0.334. The second kappa shape index (κ2) is 8.19. The maximum absolute atomic E-state index is 11.6. The lowest BCUT2D eigenvalue weighted by Crippen LogP contribution is -2.27. The van der Waals surface area contributed by atoms with E-state index in [1.165, 1.54) is 18.1 Å². The van der Waals surface area contributed by atoms with E-state index < -0.39 is 5.91 Å². The predicted molar refractivity (Wildman–Crippen MR) is 87.7 cm³/mol. The van der Waals surface area contributed by atoms with E-state index in [1.807, 2.05) is 0 Å². The number of halogens is 1. The van der Waals surface area contributed by atoms with Gasteiger partial charge in [0, 0.05) is 14.1 Å². The quantitative estimate of drug-likeness (QED) is 0.590. The highest BCUT2D eigenvalue weighted by atomic mass is 79.9. The molecule has 0 aliphatic heterocycles. The number of nitrogens with two attached hydrogens (primary N) is 1. The van der Waals surface area contributed by atoms with E-state index in [9.17, 15) is 9.59 Å². The summed E-state index contributed by atoms with van der Waals surface area (Å²) in [6.45, 7) is -0.151. The summed E-state index contributed by atoms with van der Waals surface area (Å²) in [4.78, 5) is 24.1. The SMILES string of the molecule is COc1cc(/C=C(\C#N)C(N)=O)cc(Br)c1OCC(=O)N(C)C. The summed E-state index contributed by atoms with van der Waals surface area (Å²) in [7, 11) is 4.69. The van der Waals surface area contributed by atoms with Gasteiger partial charge in [-0.2, -0.15) is 5.26 Å². The molecule has 0 aliphatic carbocycles. The number of hydrogen-bond donors (Lipinski definition) is 1. The minimum atomic E-state index is -0.820. The molecule has 0 saturated heterocycles. The lowest BCUT2D eigenvalue weighted by molar-refractivity contribution is -0.130. The Kier molecular flexibility index (Phi) is 6.60. The number of amides is 2. The zero-order valence-electron chi connectivity index (χ0n) is 12.9. The van der Waals surface area contributed by atoms with Gasteiger partial charge in [0.15, 0.2) is 18.1 Å². The maximum Gasteiger partial charge on any atom is 0.259 e. The van der Waals surface area contributed by atoms with E-state index in [2.05, 4.69) is 15.9 Å². The molecule has 0 radical (unpaired) electrons. The van der Waals surface area contributed by atoms with E-state index in [0.29, 0.717) is 21.5 Å². The first-order valence-electron chi connectivity index (χ1n) is 6.42. The van der Waals surface area contributed by atoms with Crippen molar-refractivity contribution in [2.24, 2.45) is 5.73 Å². The predicted octanol–water partition coefficient (Wildman–Crippen LogP) is 1.32. The zero-order valence-corrected chi connectivity index (χ0v) is 14.5. The Hall–Kier alpha value is -2.53. The minimum absolute atomic E-state index is 0.151. The molecule has 1 aromatic rings. The first-order valence-corrected chi connectivity index (χ1v) is 7.21. The molecule has 7 nitrogen and oxygen atoms in total. The second-order valence-electron chi connectivity index (χ2n) is 4.65. The van der Waals surface area contributed by atoms with Crippen LogP contribution in [0.25, 0.3) is 6.08 Å². The van der Waals surface area contributed by atoms with Gasteiger partial charge in [-0.15, -0.1) is 0 Å². The molecule has 0 spiro atoms. The fraction of sp³-hybridized carbons (Fsp3) is 0.267. The van der Waals surface area contributed by atoms with Crippen molar-refractivity contribution in [3.05, 3.63) is 27.7 Å². The first-order chi connectivity index (χ1) is 10.8. The number of benzene rings is 1. The summed E-state index contributed by atoms with van der Waals surface area (Å²) >= 11 is 3.32. The highest BCUT2D eigenvalue weighted by Crippen LogP contribution is 2.37. The molecular formula is C15H16BrN3O4. The molecule has 0 fully saturated rings. The number of ether oxygens (including phenoxy) is 2. The highest BCUT2D eigenvalue weighted by Gasteiger charge is 2.14. The largest absolute Gasteiger partial charge is 0.493 e. The van der Waals surface area contributed by atoms with Gasteiger partial charge in [0.25, 0.3) is 11.8 Å². The molecule has 2 N–H and O–H groups in total. The second-order valence-corrected chi connectivity index (χ2v) is 5.50. The Morgan fingerprint density at radius 3 is 2.57 bits per heavy atom. The number of primary amides is 1. The van der Waals surface area contributed by atoms with Crippen molar-refractivity contribution < 1.29 is 19.1 Å². The Bertz CT molecular complexity index is 693. The fourth-order valence-electron chi connectivity index (χ4n) is 1.55. The van der Waals surface area contributed by atoms with Gasteiger partial charge in [-0.3, -0.25) is 9.59 Å². The third kappa shape index (κ3) is 5.00. The topological polar surface area (TPSA) is 106 Å². The van der Waals surface area contributed by atoms with E-state index in [4.69, 9.17) is 20.5 Å². The lowest BCUT2D eigenvalue weighted by atomic mass is 10.1. The minimum Gasteiger partial charge on any atom is -0.493 e. The number of carbonyl (C=O) groups is 2. The molecule has 0 aromatic heterocycles. The van der Waals surface area contributed by atoms with Crippen LogP contribution in [0.2, 0.25) is 0 Å². The normalized spacial score (nSPS) is 10.7. The van der Waals surface area contributed by atoms with Crippen molar-refractivity contribution >= 4 is 33.8 Å². The van der Waals surface area contributed by atoms with E-state index in [1.54, 1.807) is 32.3 Å². The van der Waals surface area contributed by atoms with Crippen LogP contribution < -0.4 is 15.2 Å². The molecule has 23 heavy (non-hydrogen) atoms. The van der Waals surface area contributed by atoms with Crippen molar-refractivity contribution in [2.45, 2.75) is 0 Å². The molecule has 8 heteroatoms. The van der Waals surface area contributed by atoms with Crippen molar-refractivity contribution in [1.82, 2.24) is 4.90 Å². The standard InChI is InChI=1S/C15H16BrN3O4/c1-19(2)13(20)8-23-14-11(16)5-9(6-12(14)22-3)4-10(7-17)15(18)21/h4-6H,8H2,1-3H3,(H2,18,21)/b10-4+. The van der Waals surface area contributed by atoms with Crippen molar-refractivity contribution in [2.75, 3.05) is 27.8 Å². The number of hydrogen-bond acceptors (Lipinski definition) is 5. The Labute approximate surface area is 142 Å². The first kappa shape index (κ1) is 18.5. The van der Waals surface area contributed by atoms with E-state index in [-0.39, 0.29) is 18.1 Å². The van der Waals surface area contributed by atoms with Crippen molar-refractivity contribution in [3.63, 3.8) is 0 Å². The summed E-state index contributed by atoms with van der Waals surface area (Å²) in [6, 6.07) is 4.92. The molecule has 0 saturated carbocycles. The number of carbonyl (C=O) groups excluding carboxylic acids is 2. The number of likely N-dealkylation sites (N-methyl/N-ethyl adjacent to an activating group) is 1. The number of methoxy groups -OCH3 is 1. The molecule has 0 unspecified atom stereocenters. The summed E-state index contributed by atoms with van der Waals surface area (Å²) in [5.41, 5.74) is 5.44. The number of nitriles is 1. The smallest absolute Gasteiger partial charge is 0.259 e. The molecule has 1 rings (SSSR count). The number of rotatable bonds is 6. The van der Waals surface area contributed by atoms with Crippen LogP contribution in [0.3, 0.4) is 0 Å². The Morgan fingerprint density at radius 2 is 2.09 bits per heavy atom. The van der Waals surface area contributed by atoms with Crippen LogP contribution in [-0.2, 0) is 9.59 Å². The van der Waals surface area contributed by atoms with Gasteiger partial charge in [-0.25, -0.2) is 0 Å². The van der Waals surface area contributed by atoms with Crippen LogP contribution in [-0.4, -0.2) is 44.5 Å². The van der Waals surface area contributed by atoms with Gasteiger partial charge >= 0.3 is 0 Å². The van der Waals surface area contributed by atoms with Crippen LogP contribution in [0, 0.1) is 11.3 Å². The third-order valence-corrected chi connectivity index (χ3v) is 3.38. The van der Waals surface area contributed by atoms with Crippen LogP contribution in [0.5, 0.6) is 11.5 Å². The average Bonchev–Trinajstić information content (AvgIpc) is 2.50. The van der Waals surface area contributed by atoms with Crippen LogP contribution >= 0.6 is 15.9 Å². The Morgan fingerprint density at radius 1 is 1.43 bits per heavy atom. The van der Waals surface area contributed by atoms with Crippen LogP contribution in [0.1, 0.15) is 5.56 Å². The van der Waals surface area contributed by atoms with Gasteiger partial charge in [-0.05, 0) is 39.7 Å². The van der Waals surface area contributed by atoms with Crippen LogP contribution in [0.4, 0.5) is 0 Å². The molecule has 122 valence electrons. The zero-order chi connectivity index (χ0) is 17.6. The van der Waals surface area contributed by atoms with Gasteiger partial charge < -0.3 is 20.1 Å². The molecule has 0 atom stereocenters. The van der Waals surface area contributed by atoms with Crippen molar-refractivity contribution in [1.29, 1.82) is 5.26 Å². The summed E-state index contributed by atoms with van der Waals surface area (Å²) in [5, 5.41) is 8.88. The molecule has 2 amide bonds. The Balaban J connectivity index is 3.16. The van der Waals surface area contributed by atoms with Gasteiger partial charge in [-0.1, -0.05) is 0 Å². The van der Waals surface area contributed by atoms with E-state index in [0.717, 1.165) is 0 Å². The number of nitrogens with zero attached hydrogens (tertiary/aromatic N) is 2. The lowest BCUT2D eigenvalue weighted by Gasteiger charge is -2.15. The fourth-order valence-corrected chi connectivity index (χ4v) is 2.13. The van der Waals surface area contributed by atoms with Gasteiger partial charge in [0.2, 0.25) is 0 Å². The van der Waals surface area contributed by atoms with E-state index >= 15 is 0 Å². The van der Waals surface area contributed by atoms with Gasteiger partial charge in [0.1, 0.15) is 11.6 Å². The summed E-state index contributed by atoms with van der Waals surface area (Å²) < 4.78 is 11.2. The molecule has 1 aromatic carbocycles. The molecular weight excluding hydrogens is 366 g/mol. The highest BCUT2D eigenvalue weighted by molar-refractivity contribution is 9.10. The van der Waals surface area contributed by atoms with Crippen LogP contribution in [0.15, 0.2) is 22.2 Å².